The molecule has 1 aromatic heterocycles. The van der Waals surface area contributed by atoms with E-state index in [0.717, 1.165) is 51.0 Å². The zero-order chi connectivity index (χ0) is 23.2. The third-order valence-corrected chi connectivity index (χ3v) is 6.57. The Bertz CT molecular complexity index is 925. The van der Waals surface area contributed by atoms with Gasteiger partial charge in [-0.15, -0.1) is 0 Å². The number of amides is 3. The van der Waals surface area contributed by atoms with E-state index in [-0.39, 0.29) is 18.0 Å². The van der Waals surface area contributed by atoms with E-state index in [9.17, 15) is 9.59 Å². The number of carbonyl (C=O) groups is 2. The molecule has 0 unspecified atom stereocenters. The Morgan fingerprint density at radius 3 is 2.64 bits per heavy atom. The van der Waals surface area contributed by atoms with E-state index < -0.39 is 0 Å². The molecule has 0 bridgehead atoms. The van der Waals surface area contributed by atoms with Crippen LogP contribution < -0.4 is 20.9 Å². The van der Waals surface area contributed by atoms with Crippen molar-refractivity contribution >= 4 is 41.4 Å². The summed E-state index contributed by atoms with van der Waals surface area (Å²) in [5, 5.41) is 2.96. The van der Waals surface area contributed by atoms with Gasteiger partial charge in [-0.2, -0.15) is 0 Å². The number of rotatable bonds is 3. The van der Waals surface area contributed by atoms with Crippen LogP contribution in [0.3, 0.4) is 0 Å². The number of nitrogens with two attached hydrogens (primary N) is 1. The first-order valence-corrected chi connectivity index (χ1v) is 11.9. The van der Waals surface area contributed by atoms with Gasteiger partial charge in [-0.3, -0.25) is 20.0 Å². The fourth-order valence-electron chi connectivity index (χ4n) is 4.74. The van der Waals surface area contributed by atoms with Crippen LogP contribution in [0.4, 0.5) is 22.1 Å². The van der Waals surface area contributed by atoms with Crippen LogP contribution in [0.5, 0.6) is 0 Å². The average molecular weight is 455 g/mol. The van der Waals surface area contributed by atoms with Gasteiger partial charge in [-0.05, 0) is 31.4 Å². The standard InChI is InChI=1S/C23H34N8O2/c1-17(32)29-12-5-13-30(15-14-29)21-9-8-19(24)22(28-21)31(18-6-3-2-4-7-18)23(33)27-20-10-11-25-16-26-20/h8-9,16,18H,2-7,10-15,24H2,1H3,(H,25,26,27,33). The number of hydrogen-bond acceptors (Lipinski definition) is 7. The van der Waals surface area contributed by atoms with Crippen LogP contribution in [0.1, 0.15) is 51.9 Å². The molecular formula is C23H34N8O2. The van der Waals surface area contributed by atoms with Gasteiger partial charge in [0.15, 0.2) is 5.82 Å². The van der Waals surface area contributed by atoms with Crippen molar-refractivity contribution < 1.29 is 9.59 Å². The molecule has 3 heterocycles. The molecule has 1 saturated heterocycles. The molecule has 2 aliphatic heterocycles. The summed E-state index contributed by atoms with van der Waals surface area (Å²) in [4.78, 5) is 44.2. The van der Waals surface area contributed by atoms with Crippen LogP contribution in [0.25, 0.3) is 0 Å². The van der Waals surface area contributed by atoms with Crippen LogP contribution in [-0.2, 0) is 4.79 Å². The van der Waals surface area contributed by atoms with Crippen LogP contribution in [0, 0.1) is 0 Å². The van der Waals surface area contributed by atoms with E-state index in [1.807, 2.05) is 17.0 Å². The topological polar surface area (TPSA) is 120 Å². The van der Waals surface area contributed by atoms with Crippen molar-refractivity contribution in [2.45, 2.75) is 57.9 Å². The Kier molecular flexibility index (Phi) is 7.41. The first-order chi connectivity index (χ1) is 16.0. The molecule has 3 aliphatic rings. The molecule has 0 spiro atoms. The summed E-state index contributed by atoms with van der Waals surface area (Å²) in [6.45, 7) is 5.12. The van der Waals surface area contributed by atoms with Gasteiger partial charge >= 0.3 is 6.03 Å². The molecule has 0 atom stereocenters. The third kappa shape index (κ3) is 5.61. The van der Waals surface area contributed by atoms with E-state index >= 15 is 0 Å². The fraction of sp³-hybridized carbons (Fsp3) is 0.609. The van der Waals surface area contributed by atoms with Crippen molar-refractivity contribution in [3.8, 4) is 0 Å². The Morgan fingerprint density at radius 1 is 1.09 bits per heavy atom. The molecule has 0 aromatic carbocycles. The molecule has 0 radical (unpaired) electrons. The highest BCUT2D eigenvalue weighted by atomic mass is 16.2. The minimum Gasteiger partial charge on any atom is -0.396 e. The van der Waals surface area contributed by atoms with Gasteiger partial charge in [0.05, 0.1) is 5.69 Å². The molecule has 3 amide bonds. The number of nitrogen functional groups attached to an aromatic ring is 1. The number of carbonyl (C=O) groups excluding carboxylic acids is 2. The number of anilines is 3. The molecule has 4 rings (SSSR count). The minimum atomic E-state index is -0.245. The van der Waals surface area contributed by atoms with E-state index in [0.29, 0.717) is 43.4 Å². The summed E-state index contributed by atoms with van der Waals surface area (Å²) in [6, 6.07) is 3.53. The highest BCUT2D eigenvalue weighted by Crippen LogP contribution is 2.32. The number of nitrogens with zero attached hydrogens (tertiary/aromatic N) is 6. The molecule has 3 N–H and O–H groups in total. The number of pyridine rings is 1. The van der Waals surface area contributed by atoms with Crippen LogP contribution in [0.15, 0.2) is 22.1 Å². The second-order valence-corrected chi connectivity index (χ2v) is 8.87. The number of hydrogen-bond donors (Lipinski definition) is 2. The number of nitrogens with one attached hydrogen (secondary N) is 1. The van der Waals surface area contributed by atoms with Crippen molar-refractivity contribution in [2.75, 3.05) is 48.3 Å². The van der Waals surface area contributed by atoms with Gasteiger partial charge in [-0.25, -0.2) is 14.8 Å². The number of aromatic nitrogens is 1. The number of urea groups is 1. The summed E-state index contributed by atoms with van der Waals surface area (Å²) in [5.41, 5.74) is 6.86. The van der Waals surface area contributed by atoms with E-state index in [4.69, 9.17) is 10.7 Å². The molecule has 10 heteroatoms. The molecule has 2 fully saturated rings. The molecule has 178 valence electrons. The lowest BCUT2D eigenvalue weighted by Crippen LogP contribution is -2.50. The second-order valence-electron chi connectivity index (χ2n) is 8.87. The molecule has 10 nitrogen and oxygen atoms in total. The third-order valence-electron chi connectivity index (χ3n) is 6.57. The van der Waals surface area contributed by atoms with Crippen molar-refractivity contribution in [3.63, 3.8) is 0 Å². The Morgan fingerprint density at radius 2 is 1.91 bits per heavy atom. The summed E-state index contributed by atoms with van der Waals surface area (Å²) in [5.74, 6) is 1.98. The summed E-state index contributed by atoms with van der Waals surface area (Å²) in [6.07, 6.45) is 8.13. The van der Waals surface area contributed by atoms with Gasteiger partial charge in [0.2, 0.25) is 5.91 Å². The summed E-state index contributed by atoms with van der Waals surface area (Å²) >= 11 is 0. The lowest BCUT2D eigenvalue weighted by Gasteiger charge is -2.35. The molecule has 1 aliphatic carbocycles. The predicted octanol–water partition coefficient (Wildman–Crippen LogP) is 2.40. The van der Waals surface area contributed by atoms with E-state index in [2.05, 4.69) is 20.2 Å². The van der Waals surface area contributed by atoms with Gasteiger partial charge in [-0.1, -0.05) is 19.3 Å². The highest BCUT2D eigenvalue weighted by Gasteiger charge is 2.31. The molecular weight excluding hydrogens is 420 g/mol. The molecule has 1 saturated carbocycles. The normalized spacial score (nSPS) is 19.6. The maximum absolute atomic E-state index is 13.5. The van der Waals surface area contributed by atoms with Gasteiger partial charge < -0.3 is 15.5 Å². The fourth-order valence-corrected chi connectivity index (χ4v) is 4.74. The predicted molar refractivity (Wildman–Crippen MR) is 131 cm³/mol. The average Bonchev–Trinajstić information content (AvgIpc) is 3.08. The largest absolute Gasteiger partial charge is 0.396 e. The molecule has 33 heavy (non-hydrogen) atoms. The Hall–Kier alpha value is -3.17. The van der Waals surface area contributed by atoms with Crippen molar-refractivity contribution in [1.82, 2.24) is 15.2 Å². The van der Waals surface area contributed by atoms with Gasteiger partial charge in [0.1, 0.15) is 18.0 Å². The number of aliphatic imine (C=N–C) groups is 2. The Labute approximate surface area is 194 Å². The van der Waals surface area contributed by atoms with Crippen LogP contribution >= 0.6 is 0 Å². The highest BCUT2D eigenvalue weighted by molar-refractivity contribution is 6.07. The molecule has 1 aromatic rings. The summed E-state index contributed by atoms with van der Waals surface area (Å²) < 4.78 is 0. The monoisotopic (exact) mass is 454 g/mol. The van der Waals surface area contributed by atoms with E-state index in [1.165, 1.54) is 12.8 Å². The van der Waals surface area contributed by atoms with Gasteiger partial charge in [0, 0.05) is 52.1 Å². The van der Waals surface area contributed by atoms with E-state index in [1.54, 1.807) is 11.8 Å². The smallest absolute Gasteiger partial charge is 0.328 e. The second kappa shape index (κ2) is 10.6. The summed E-state index contributed by atoms with van der Waals surface area (Å²) in [7, 11) is 0. The lowest BCUT2D eigenvalue weighted by molar-refractivity contribution is -0.128. The first-order valence-electron chi connectivity index (χ1n) is 11.9. The zero-order valence-corrected chi connectivity index (χ0v) is 19.4. The van der Waals surface area contributed by atoms with Crippen molar-refractivity contribution in [3.05, 3.63) is 12.1 Å². The Balaban J connectivity index is 1.60. The quantitative estimate of drug-likeness (QED) is 0.727. The van der Waals surface area contributed by atoms with Crippen LogP contribution in [0.2, 0.25) is 0 Å². The van der Waals surface area contributed by atoms with Gasteiger partial charge in [0.25, 0.3) is 0 Å². The van der Waals surface area contributed by atoms with Crippen molar-refractivity contribution in [1.29, 1.82) is 0 Å². The van der Waals surface area contributed by atoms with Crippen LogP contribution in [-0.4, -0.2) is 72.8 Å². The lowest BCUT2D eigenvalue weighted by atomic mass is 9.94. The number of amidine groups is 1. The van der Waals surface area contributed by atoms with Crippen molar-refractivity contribution in [2.24, 2.45) is 9.98 Å². The first kappa shape index (κ1) is 23.0. The SMILES string of the molecule is CC(=O)N1CCCN(c2ccc(N)c(N(C(=O)NC3=NC=NCC3)C3CCCCC3)n2)CC1. The maximum Gasteiger partial charge on any atom is 0.328 e. The zero-order valence-electron chi connectivity index (χ0n) is 19.4. The minimum absolute atomic E-state index is 0.0407. The maximum atomic E-state index is 13.5.